The number of methoxy groups -OCH3 is 1. The Bertz CT molecular complexity index is 378. The lowest BCUT2D eigenvalue weighted by Gasteiger charge is -2.17. The summed E-state index contributed by atoms with van der Waals surface area (Å²) in [5.74, 6) is 0.756. The number of nitrogens with two attached hydrogens (primary N) is 1. The monoisotopic (exact) mass is 279 g/mol. The van der Waals surface area contributed by atoms with Crippen LogP contribution in [0.3, 0.4) is 0 Å². The highest BCUT2D eigenvalue weighted by Crippen LogP contribution is 2.22. The second-order valence-corrected chi connectivity index (χ2v) is 4.96. The van der Waals surface area contributed by atoms with Crippen molar-refractivity contribution >= 4 is 5.69 Å². The number of nitrogens with one attached hydrogen (secondary N) is 1. The third-order valence-electron chi connectivity index (χ3n) is 3.61. The van der Waals surface area contributed by atoms with Gasteiger partial charge in [-0.3, -0.25) is 0 Å². The minimum Gasteiger partial charge on any atom is -0.495 e. The largest absolute Gasteiger partial charge is 0.495 e. The van der Waals surface area contributed by atoms with Crippen LogP contribution in [0.25, 0.3) is 0 Å². The first-order valence-electron chi connectivity index (χ1n) is 7.56. The molecule has 0 radical (unpaired) electrons. The van der Waals surface area contributed by atoms with Crippen LogP contribution < -0.4 is 15.8 Å². The molecule has 1 aromatic carbocycles. The molecule has 0 unspecified atom stereocenters. The summed E-state index contributed by atoms with van der Waals surface area (Å²) in [6.45, 7) is 9.91. The molecule has 0 atom stereocenters. The molecule has 4 nitrogen and oxygen atoms in total. The molecule has 0 aliphatic heterocycles. The fraction of sp³-hybridized carbons (Fsp3) is 0.625. The average Bonchev–Trinajstić information content (AvgIpc) is 2.47. The van der Waals surface area contributed by atoms with Crippen LogP contribution in [0, 0.1) is 0 Å². The van der Waals surface area contributed by atoms with Gasteiger partial charge in [0.25, 0.3) is 0 Å². The molecule has 0 spiro atoms. The lowest BCUT2D eigenvalue weighted by atomic mass is 10.1. The van der Waals surface area contributed by atoms with Crippen molar-refractivity contribution in [3.63, 3.8) is 0 Å². The maximum absolute atomic E-state index is 5.90. The van der Waals surface area contributed by atoms with Gasteiger partial charge in [-0.25, -0.2) is 0 Å². The molecule has 0 saturated carbocycles. The molecule has 0 bridgehead atoms. The third-order valence-corrected chi connectivity index (χ3v) is 3.61. The Morgan fingerprint density at radius 3 is 2.55 bits per heavy atom. The van der Waals surface area contributed by atoms with E-state index in [9.17, 15) is 0 Å². The molecule has 114 valence electrons. The van der Waals surface area contributed by atoms with Gasteiger partial charge >= 0.3 is 0 Å². The molecule has 1 aromatic rings. The van der Waals surface area contributed by atoms with Crippen molar-refractivity contribution in [1.82, 2.24) is 10.2 Å². The first kappa shape index (κ1) is 16.8. The van der Waals surface area contributed by atoms with Gasteiger partial charge in [-0.1, -0.05) is 19.9 Å². The van der Waals surface area contributed by atoms with E-state index in [4.69, 9.17) is 10.5 Å². The summed E-state index contributed by atoms with van der Waals surface area (Å²) in [6.07, 6.45) is 2.18. The Kier molecular flexibility index (Phi) is 8.07. The summed E-state index contributed by atoms with van der Waals surface area (Å²) in [5, 5.41) is 3.49. The first-order chi connectivity index (χ1) is 9.71. The summed E-state index contributed by atoms with van der Waals surface area (Å²) in [7, 11) is 1.64. The molecule has 4 heteroatoms. The predicted octanol–water partition coefficient (Wildman–Crippen LogP) is 2.14. The fourth-order valence-corrected chi connectivity index (χ4v) is 2.26. The fourth-order valence-electron chi connectivity index (χ4n) is 2.26. The van der Waals surface area contributed by atoms with E-state index in [1.54, 1.807) is 7.11 Å². The highest BCUT2D eigenvalue weighted by atomic mass is 16.5. The number of nitrogens with zero attached hydrogens (tertiary/aromatic N) is 1. The molecular formula is C16H29N3O. The summed E-state index contributed by atoms with van der Waals surface area (Å²) >= 11 is 0. The molecule has 0 saturated heterocycles. The topological polar surface area (TPSA) is 50.5 Å². The van der Waals surface area contributed by atoms with Crippen LogP contribution in [0.2, 0.25) is 0 Å². The van der Waals surface area contributed by atoms with E-state index in [0.717, 1.165) is 57.0 Å². The summed E-state index contributed by atoms with van der Waals surface area (Å²) in [6, 6.07) is 6.04. The predicted molar refractivity (Wildman–Crippen MR) is 86.4 cm³/mol. The number of aryl methyl sites for hydroxylation is 1. The normalized spacial score (nSPS) is 11.0. The van der Waals surface area contributed by atoms with E-state index in [1.807, 2.05) is 12.1 Å². The molecule has 20 heavy (non-hydrogen) atoms. The van der Waals surface area contributed by atoms with Crippen LogP contribution in [0.1, 0.15) is 25.8 Å². The molecule has 0 aliphatic carbocycles. The van der Waals surface area contributed by atoms with Crippen LogP contribution in [0.5, 0.6) is 5.75 Å². The zero-order valence-electron chi connectivity index (χ0n) is 13.1. The van der Waals surface area contributed by atoms with Crippen molar-refractivity contribution in [3.05, 3.63) is 23.8 Å². The standard InChI is InChI=1S/C16H29N3O/c1-4-19(5-2)12-11-18-10-6-7-14-8-9-16(20-3)15(17)13-14/h8-9,13,18H,4-7,10-12,17H2,1-3H3. The molecule has 0 heterocycles. The van der Waals surface area contributed by atoms with Crippen LogP contribution in [-0.4, -0.2) is 44.7 Å². The summed E-state index contributed by atoms with van der Waals surface area (Å²) in [4.78, 5) is 2.43. The number of rotatable bonds is 10. The van der Waals surface area contributed by atoms with Gasteiger partial charge in [-0.05, 0) is 50.2 Å². The third kappa shape index (κ3) is 5.80. The van der Waals surface area contributed by atoms with Gasteiger partial charge in [0.05, 0.1) is 12.8 Å². The zero-order valence-corrected chi connectivity index (χ0v) is 13.1. The van der Waals surface area contributed by atoms with Crippen molar-refractivity contribution in [2.24, 2.45) is 0 Å². The maximum Gasteiger partial charge on any atom is 0.141 e. The molecule has 1 rings (SSSR count). The molecule has 0 fully saturated rings. The van der Waals surface area contributed by atoms with Gasteiger partial charge in [0, 0.05) is 13.1 Å². The van der Waals surface area contributed by atoms with Crippen LogP contribution >= 0.6 is 0 Å². The Labute approximate surface area is 123 Å². The first-order valence-corrected chi connectivity index (χ1v) is 7.56. The van der Waals surface area contributed by atoms with Crippen molar-refractivity contribution < 1.29 is 4.74 Å². The molecule has 3 N–H and O–H groups in total. The van der Waals surface area contributed by atoms with Crippen molar-refractivity contribution in [2.45, 2.75) is 26.7 Å². The SMILES string of the molecule is CCN(CC)CCNCCCc1ccc(OC)c(N)c1. The molecule has 0 amide bonds. The second-order valence-electron chi connectivity index (χ2n) is 4.96. The molecular weight excluding hydrogens is 250 g/mol. The number of anilines is 1. The Balaban J connectivity index is 2.16. The van der Waals surface area contributed by atoms with Crippen molar-refractivity contribution in [3.8, 4) is 5.75 Å². The zero-order chi connectivity index (χ0) is 14.8. The number of hydrogen-bond donors (Lipinski definition) is 2. The van der Waals surface area contributed by atoms with Crippen LogP contribution in [0.4, 0.5) is 5.69 Å². The van der Waals surface area contributed by atoms with Crippen LogP contribution in [-0.2, 0) is 6.42 Å². The summed E-state index contributed by atoms with van der Waals surface area (Å²) in [5.41, 5.74) is 7.90. The molecule has 0 aliphatic rings. The lowest BCUT2D eigenvalue weighted by Crippen LogP contribution is -2.32. The maximum atomic E-state index is 5.90. The van der Waals surface area contributed by atoms with E-state index in [-0.39, 0.29) is 0 Å². The number of likely N-dealkylation sites (N-methyl/N-ethyl adjacent to an activating group) is 1. The van der Waals surface area contributed by atoms with Gasteiger partial charge in [-0.15, -0.1) is 0 Å². The Hall–Kier alpha value is -1.26. The van der Waals surface area contributed by atoms with E-state index in [0.29, 0.717) is 0 Å². The van der Waals surface area contributed by atoms with Gasteiger partial charge < -0.3 is 20.7 Å². The number of nitrogen functional groups attached to an aromatic ring is 1. The van der Waals surface area contributed by atoms with Crippen LogP contribution in [0.15, 0.2) is 18.2 Å². The lowest BCUT2D eigenvalue weighted by molar-refractivity contribution is 0.302. The smallest absolute Gasteiger partial charge is 0.141 e. The highest BCUT2D eigenvalue weighted by Gasteiger charge is 2.01. The van der Waals surface area contributed by atoms with E-state index < -0.39 is 0 Å². The minimum absolute atomic E-state index is 0.722. The van der Waals surface area contributed by atoms with E-state index in [2.05, 4.69) is 30.1 Å². The quantitative estimate of drug-likeness (QED) is 0.509. The highest BCUT2D eigenvalue weighted by molar-refractivity contribution is 5.54. The van der Waals surface area contributed by atoms with E-state index in [1.165, 1.54) is 5.56 Å². The number of hydrogen-bond acceptors (Lipinski definition) is 4. The number of benzene rings is 1. The van der Waals surface area contributed by atoms with E-state index >= 15 is 0 Å². The van der Waals surface area contributed by atoms with Gasteiger partial charge in [0.1, 0.15) is 5.75 Å². The molecule has 0 aromatic heterocycles. The van der Waals surface area contributed by atoms with Gasteiger partial charge in [0.15, 0.2) is 0 Å². The summed E-state index contributed by atoms with van der Waals surface area (Å²) < 4.78 is 5.16. The van der Waals surface area contributed by atoms with Crippen molar-refractivity contribution in [1.29, 1.82) is 0 Å². The minimum atomic E-state index is 0.722. The van der Waals surface area contributed by atoms with Crippen molar-refractivity contribution in [2.75, 3.05) is 45.6 Å². The Morgan fingerprint density at radius 2 is 1.95 bits per heavy atom. The van der Waals surface area contributed by atoms with Gasteiger partial charge in [0.2, 0.25) is 0 Å². The average molecular weight is 279 g/mol. The second kappa shape index (κ2) is 9.61. The number of ether oxygens (including phenoxy) is 1. The Morgan fingerprint density at radius 1 is 1.20 bits per heavy atom. The van der Waals surface area contributed by atoms with Gasteiger partial charge in [-0.2, -0.15) is 0 Å².